The molecule has 0 aromatic rings. The molecule has 1 saturated heterocycles. The zero-order valence-corrected chi connectivity index (χ0v) is 12.0. The summed E-state index contributed by atoms with van der Waals surface area (Å²) in [6.07, 6.45) is 1.98. The number of carboxylic acid groups (broad SMARTS) is 1. The molecule has 20 heavy (non-hydrogen) atoms. The first kappa shape index (κ1) is 16.3. The summed E-state index contributed by atoms with van der Waals surface area (Å²) in [6.45, 7) is 2.99. The van der Waals surface area contributed by atoms with Crippen LogP contribution in [0.25, 0.3) is 0 Å². The quantitative estimate of drug-likeness (QED) is 0.755. The fraction of sp³-hybridized carbons (Fsp3) is 0.769. The van der Waals surface area contributed by atoms with Crippen LogP contribution < -0.4 is 0 Å². The second kappa shape index (κ2) is 7.72. The normalized spacial score (nSPS) is 18.5. The fourth-order valence-corrected chi connectivity index (χ4v) is 2.29. The van der Waals surface area contributed by atoms with E-state index in [1.807, 2.05) is 6.92 Å². The van der Waals surface area contributed by atoms with Crippen molar-refractivity contribution in [3.8, 4) is 0 Å². The van der Waals surface area contributed by atoms with Crippen molar-refractivity contribution in [2.45, 2.75) is 26.2 Å². The molecule has 7 nitrogen and oxygen atoms in total. The number of carboxylic acids is 1. The molecular formula is C13H22N2O5. The van der Waals surface area contributed by atoms with Gasteiger partial charge in [-0.15, -0.1) is 0 Å². The largest absolute Gasteiger partial charge is 0.481 e. The van der Waals surface area contributed by atoms with E-state index in [-0.39, 0.29) is 19.1 Å². The minimum Gasteiger partial charge on any atom is -0.481 e. The molecule has 1 aliphatic heterocycles. The van der Waals surface area contributed by atoms with Crippen LogP contribution in [0.5, 0.6) is 0 Å². The number of carbonyl (C=O) groups excluding carboxylic acids is 2. The van der Waals surface area contributed by atoms with Crippen LogP contribution in [0.15, 0.2) is 0 Å². The van der Waals surface area contributed by atoms with Gasteiger partial charge in [0.1, 0.15) is 6.54 Å². The lowest BCUT2D eigenvalue weighted by Crippen LogP contribution is -2.50. The van der Waals surface area contributed by atoms with Crippen molar-refractivity contribution >= 4 is 18.0 Å². The van der Waals surface area contributed by atoms with Crippen LogP contribution in [0.2, 0.25) is 0 Å². The molecule has 0 aliphatic carbocycles. The van der Waals surface area contributed by atoms with Gasteiger partial charge in [-0.05, 0) is 19.3 Å². The van der Waals surface area contributed by atoms with Crippen LogP contribution in [0.3, 0.4) is 0 Å². The molecule has 0 spiro atoms. The summed E-state index contributed by atoms with van der Waals surface area (Å²) in [5.74, 6) is -1.87. The minimum absolute atomic E-state index is 0.0998. The Kier molecular flexibility index (Phi) is 6.27. The standard InChI is InChI=1S/C13H22N2O5/c1-3-6-14(9-11(16)20-2)13(19)15-7-4-5-10(8-15)12(17)18/h10H,3-9H2,1-2H3,(H,17,18)/t10-/m1/s1. The summed E-state index contributed by atoms with van der Waals surface area (Å²) in [6, 6.07) is -0.289. The first-order valence-corrected chi connectivity index (χ1v) is 6.83. The van der Waals surface area contributed by atoms with E-state index in [0.717, 1.165) is 6.42 Å². The highest BCUT2D eigenvalue weighted by atomic mass is 16.5. The first-order chi connectivity index (χ1) is 9.49. The van der Waals surface area contributed by atoms with Crippen molar-refractivity contribution < 1.29 is 24.2 Å². The number of aliphatic carboxylic acids is 1. The zero-order valence-electron chi connectivity index (χ0n) is 12.0. The van der Waals surface area contributed by atoms with Gasteiger partial charge in [-0.1, -0.05) is 6.92 Å². The summed E-state index contributed by atoms with van der Waals surface area (Å²) in [5.41, 5.74) is 0. The number of esters is 1. The van der Waals surface area contributed by atoms with E-state index in [4.69, 9.17) is 5.11 Å². The first-order valence-electron chi connectivity index (χ1n) is 6.83. The molecule has 1 heterocycles. The highest BCUT2D eigenvalue weighted by molar-refractivity contribution is 5.81. The van der Waals surface area contributed by atoms with E-state index in [2.05, 4.69) is 4.74 Å². The van der Waals surface area contributed by atoms with Gasteiger partial charge in [-0.25, -0.2) is 4.79 Å². The summed E-state index contributed by atoms with van der Waals surface area (Å²) in [7, 11) is 1.28. The van der Waals surface area contributed by atoms with Gasteiger partial charge >= 0.3 is 18.0 Å². The molecule has 0 aromatic carbocycles. The summed E-state index contributed by atoms with van der Waals surface area (Å²) >= 11 is 0. The number of methoxy groups -OCH3 is 1. The Bertz CT molecular complexity index is 372. The number of nitrogens with zero attached hydrogens (tertiary/aromatic N) is 2. The highest BCUT2D eigenvalue weighted by Gasteiger charge is 2.30. The van der Waals surface area contributed by atoms with Gasteiger partial charge in [0.2, 0.25) is 0 Å². The lowest BCUT2D eigenvalue weighted by Gasteiger charge is -2.34. The van der Waals surface area contributed by atoms with E-state index < -0.39 is 17.9 Å². The number of rotatable bonds is 5. The number of hydrogen-bond acceptors (Lipinski definition) is 4. The Labute approximate surface area is 118 Å². The van der Waals surface area contributed by atoms with Crippen LogP contribution in [0.4, 0.5) is 4.79 Å². The molecule has 0 saturated carbocycles. The predicted molar refractivity (Wildman–Crippen MR) is 71.2 cm³/mol. The third-order valence-corrected chi connectivity index (χ3v) is 3.35. The summed E-state index contributed by atoms with van der Waals surface area (Å²) in [5, 5.41) is 9.04. The second-order valence-corrected chi connectivity index (χ2v) is 4.90. The number of likely N-dealkylation sites (tertiary alicyclic amines) is 1. The monoisotopic (exact) mass is 286 g/mol. The van der Waals surface area contributed by atoms with Crippen molar-refractivity contribution in [1.82, 2.24) is 9.80 Å². The zero-order chi connectivity index (χ0) is 15.1. The van der Waals surface area contributed by atoms with Crippen LogP contribution in [0.1, 0.15) is 26.2 Å². The predicted octanol–water partition coefficient (Wildman–Crippen LogP) is 0.788. The van der Waals surface area contributed by atoms with Gasteiger partial charge < -0.3 is 19.6 Å². The molecule has 0 unspecified atom stereocenters. The van der Waals surface area contributed by atoms with Crippen molar-refractivity contribution in [2.24, 2.45) is 5.92 Å². The van der Waals surface area contributed by atoms with Crippen LogP contribution in [-0.4, -0.2) is 66.2 Å². The highest BCUT2D eigenvalue weighted by Crippen LogP contribution is 2.18. The molecule has 2 amide bonds. The minimum atomic E-state index is -0.877. The van der Waals surface area contributed by atoms with Gasteiger partial charge in [0, 0.05) is 19.6 Å². The number of ether oxygens (including phenoxy) is 1. The molecular weight excluding hydrogens is 264 g/mol. The average molecular weight is 286 g/mol. The Balaban J connectivity index is 2.67. The third kappa shape index (κ3) is 4.40. The van der Waals surface area contributed by atoms with Crippen molar-refractivity contribution in [1.29, 1.82) is 0 Å². The molecule has 0 bridgehead atoms. The number of piperidine rings is 1. The van der Waals surface area contributed by atoms with Gasteiger partial charge in [0.25, 0.3) is 0 Å². The molecule has 1 aliphatic rings. The number of hydrogen-bond donors (Lipinski definition) is 1. The summed E-state index contributed by atoms with van der Waals surface area (Å²) in [4.78, 5) is 37.6. The van der Waals surface area contributed by atoms with Gasteiger partial charge in [0.15, 0.2) is 0 Å². The smallest absolute Gasteiger partial charge is 0.325 e. The van der Waals surface area contributed by atoms with Gasteiger partial charge in [0.05, 0.1) is 13.0 Å². The molecule has 0 aromatic heterocycles. The van der Waals surface area contributed by atoms with Crippen LogP contribution in [0, 0.1) is 5.92 Å². The van der Waals surface area contributed by atoms with Gasteiger partial charge in [-0.2, -0.15) is 0 Å². The Hall–Kier alpha value is -1.79. The maximum Gasteiger partial charge on any atom is 0.325 e. The lowest BCUT2D eigenvalue weighted by atomic mass is 9.98. The maximum atomic E-state index is 12.4. The number of amides is 2. The Morgan fingerprint density at radius 1 is 1.40 bits per heavy atom. The summed E-state index contributed by atoms with van der Waals surface area (Å²) < 4.78 is 4.58. The van der Waals surface area contributed by atoms with E-state index in [0.29, 0.717) is 25.9 Å². The van der Waals surface area contributed by atoms with Gasteiger partial charge in [-0.3, -0.25) is 9.59 Å². The Morgan fingerprint density at radius 3 is 2.65 bits per heavy atom. The van der Waals surface area contributed by atoms with E-state index in [9.17, 15) is 14.4 Å². The molecule has 1 fully saturated rings. The second-order valence-electron chi connectivity index (χ2n) is 4.90. The van der Waals surface area contributed by atoms with Crippen molar-refractivity contribution in [2.75, 3.05) is 33.3 Å². The number of carbonyl (C=O) groups is 3. The van der Waals surface area contributed by atoms with Crippen LogP contribution in [-0.2, 0) is 14.3 Å². The lowest BCUT2D eigenvalue weighted by molar-refractivity contribution is -0.144. The molecule has 1 rings (SSSR count). The molecule has 114 valence electrons. The topological polar surface area (TPSA) is 87.2 Å². The molecule has 7 heteroatoms. The fourth-order valence-electron chi connectivity index (χ4n) is 2.29. The van der Waals surface area contributed by atoms with E-state index in [1.165, 1.54) is 16.9 Å². The van der Waals surface area contributed by atoms with Crippen LogP contribution >= 0.6 is 0 Å². The third-order valence-electron chi connectivity index (χ3n) is 3.35. The maximum absolute atomic E-state index is 12.4. The van der Waals surface area contributed by atoms with Crippen molar-refractivity contribution in [3.05, 3.63) is 0 Å². The van der Waals surface area contributed by atoms with E-state index in [1.54, 1.807) is 0 Å². The number of urea groups is 1. The molecule has 1 atom stereocenters. The van der Waals surface area contributed by atoms with Crippen molar-refractivity contribution in [3.63, 3.8) is 0 Å². The van der Waals surface area contributed by atoms with E-state index >= 15 is 0 Å². The average Bonchev–Trinajstić information content (AvgIpc) is 2.45. The molecule has 0 radical (unpaired) electrons. The Morgan fingerprint density at radius 2 is 2.10 bits per heavy atom. The molecule has 1 N–H and O–H groups in total. The SMILES string of the molecule is CCCN(CC(=O)OC)C(=O)N1CCC[C@@H](C(=O)O)C1.